The quantitative estimate of drug-likeness (QED) is 0.839. The zero-order chi connectivity index (χ0) is 20.6. The second-order valence-electron chi connectivity index (χ2n) is 7.21. The fourth-order valence-corrected chi connectivity index (χ4v) is 5.02. The zero-order valence-electron chi connectivity index (χ0n) is 16.0. The summed E-state index contributed by atoms with van der Waals surface area (Å²) in [6.07, 6.45) is 1.60. The third-order valence-corrected chi connectivity index (χ3v) is 7.27. The summed E-state index contributed by atoms with van der Waals surface area (Å²) >= 11 is 0. The smallest absolute Gasteiger partial charge is 0.272 e. The van der Waals surface area contributed by atoms with E-state index in [0.29, 0.717) is 24.7 Å². The van der Waals surface area contributed by atoms with Gasteiger partial charge in [0.25, 0.3) is 5.91 Å². The molecule has 0 radical (unpaired) electrons. The summed E-state index contributed by atoms with van der Waals surface area (Å²) in [6.45, 7) is 4.63. The first-order chi connectivity index (χ1) is 13.1. The van der Waals surface area contributed by atoms with E-state index in [0.717, 1.165) is 25.0 Å². The minimum absolute atomic E-state index is 0.0807. The molecule has 2 aromatic rings. The molecule has 1 amide bonds. The molecule has 3 rings (SSSR count). The number of nitrogens with one attached hydrogen (secondary N) is 1. The summed E-state index contributed by atoms with van der Waals surface area (Å²) in [5, 5.41) is 2.47. The largest absolute Gasteiger partial charge is 0.343 e. The highest BCUT2D eigenvalue weighted by molar-refractivity contribution is 7.89. The van der Waals surface area contributed by atoms with Crippen LogP contribution in [0, 0.1) is 24.5 Å². The molecule has 0 unspecified atom stereocenters. The average Bonchev–Trinajstić information content (AvgIpc) is 2.94. The lowest BCUT2D eigenvalue weighted by Crippen LogP contribution is -2.38. The van der Waals surface area contributed by atoms with E-state index < -0.39 is 27.6 Å². The molecule has 28 heavy (non-hydrogen) atoms. The Balaban J connectivity index is 1.88. The third kappa shape index (κ3) is 3.81. The third-order valence-electron chi connectivity index (χ3n) is 5.26. The van der Waals surface area contributed by atoms with E-state index in [9.17, 15) is 22.0 Å². The van der Waals surface area contributed by atoms with Crippen molar-refractivity contribution in [2.75, 3.05) is 18.4 Å². The molecule has 0 atom stereocenters. The van der Waals surface area contributed by atoms with Crippen molar-refractivity contribution < 1.29 is 22.0 Å². The number of sulfonamides is 1. The summed E-state index contributed by atoms with van der Waals surface area (Å²) in [7, 11) is -2.12. The summed E-state index contributed by atoms with van der Waals surface area (Å²) in [5.41, 5.74) is 0.637. The van der Waals surface area contributed by atoms with Gasteiger partial charge in [-0.15, -0.1) is 0 Å². The molecule has 1 aliphatic rings. The standard InChI is InChI=1S/C19H23F2N3O3S/c1-12-6-8-24(9-7-12)28(26,27)18-11-17(23(3)13(18)2)19(25)22-14-4-5-15(20)16(21)10-14/h4-5,10-12H,6-9H2,1-3H3,(H,22,25). The maximum absolute atomic E-state index is 13.4. The van der Waals surface area contributed by atoms with Crippen LogP contribution in [0.1, 0.15) is 35.9 Å². The predicted octanol–water partition coefficient (Wildman–Crippen LogP) is 3.28. The van der Waals surface area contributed by atoms with Gasteiger partial charge in [-0.3, -0.25) is 4.79 Å². The first-order valence-electron chi connectivity index (χ1n) is 9.04. The van der Waals surface area contributed by atoms with Crippen LogP contribution in [-0.2, 0) is 17.1 Å². The lowest BCUT2D eigenvalue weighted by atomic mass is 10.0. The van der Waals surface area contributed by atoms with Crippen LogP contribution in [0.2, 0.25) is 0 Å². The molecule has 1 saturated heterocycles. The molecule has 9 heteroatoms. The summed E-state index contributed by atoms with van der Waals surface area (Å²) in [5.74, 6) is -2.22. The number of carbonyl (C=O) groups is 1. The number of hydrogen-bond acceptors (Lipinski definition) is 3. The number of halogens is 2. The van der Waals surface area contributed by atoms with E-state index in [4.69, 9.17) is 0 Å². The van der Waals surface area contributed by atoms with Gasteiger partial charge in [-0.25, -0.2) is 17.2 Å². The zero-order valence-corrected chi connectivity index (χ0v) is 16.8. The molecule has 1 aliphatic heterocycles. The number of hydrogen-bond donors (Lipinski definition) is 1. The van der Waals surface area contributed by atoms with Crippen LogP contribution in [0.25, 0.3) is 0 Å². The van der Waals surface area contributed by atoms with Gasteiger partial charge >= 0.3 is 0 Å². The van der Waals surface area contributed by atoms with Gasteiger partial charge in [0.05, 0.1) is 0 Å². The van der Waals surface area contributed by atoms with Gasteiger partial charge in [0, 0.05) is 37.6 Å². The number of carbonyl (C=O) groups excluding carboxylic acids is 1. The van der Waals surface area contributed by atoms with Gasteiger partial charge in [-0.1, -0.05) is 6.92 Å². The Morgan fingerprint density at radius 3 is 2.39 bits per heavy atom. The minimum Gasteiger partial charge on any atom is -0.343 e. The molecule has 0 saturated carbocycles. The second-order valence-corrected chi connectivity index (χ2v) is 9.11. The van der Waals surface area contributed by atoms with Crippen LogP contribution in [-0.4, -0.2) is 36.3 Å². The predicted molar refractivity (Wildman–Crippen MR) is 102 cm³/mol. The van der Waals surface area contributed by atoms with Crippen molar-refractivity contribution in [3.05, 3.63) is 47.3 Å². The van der Waals surface area contributed by atoms with Crippen molar-refractivity contribution in [3.63, 3.8) is 0 Å². The number of nitrogens with zero attached hydrogens (tertiary/aromatic N) is 2. The number of piperidine rings is 1. The van der Waals surface area contributed by atoms with Gasteiger partial charge in [0.2, 0.25) is 10.0 Å². The Morgan fingerprint density at radius 2 is 1.79 bits per heavy atom. The highest BCUT2D eigenvalue weighted by Crippen LogP contribution is 2.27. The van der Waals surface area contributed by atoms with Crippen molar-refractivity contribution in [2.24, 2.45) is 13.0 Å². The Labute approximate surface area is 163 Å². The van der Waals surface area contributed by atoms with E-state index in [-0.39, 0.29) is 16.3 Å². The van der Waals surface area contributed by atoms with Crippen molar-refractivity contribution in [1.82, 2.24) is 8.87 Å². The highest BCUT2D eigenvalue weighted by Gasteiger charge is 2.32. The SMILES string of the molecule is Cc1c(S(=O)(=O)N2CCC(C)CC2)cc(C(=O)Nc2ccc(F)c(F)c2)n1C. The molecule has 2 heterocycles. The van der Waals surface area contributed by atoms with Crippen LogP contribution < -0.4 is 5.32 Å². The van der Waals surface area contributed by atoms with Gasteiger partial charge in [-0.2, -0.15) is 4.31 Å². The number of aromatic nitrogens is 1. The lowest BCUT2D eigenvalue weighted by Gasteiger charge is -2.29. The average molecular weight is 411 g/mol. The lowest BCUT2D eigenvalue weighted by molar-refractivity contribution is 0.101. The topological polar surface area (TPSA) is 71.4 Å². The molecule has 1 aromatic carbocycles. The Bertz CT molecular complexity index is 1010. The van der Waals surface area contributed by atoms with Gasteiger partial charge in [-0.05, 0) is 43.9 Å². The number of amides is 1. The number of benzene rings is 1. The summed E-state index contributed by atoms with van der Waals surface area (Å²) < 4.78 is 55.4. The van der Waals surface area contributed by atoms with Crippen molar-refractivity contribution in [1.29, 1.82) is 0 Å². The molecule has 1 fully saturated rings. The molecule has 152 valence electrons. The Morgan fingerprint density at radius 1 is 1.14 bits per heavy atom. The van der Waals surface area contributed by atoms with Crippen LogP contribution in [0.4, 0.5) is 14.5 Å². The first kappa shape index (κ1) is 20.5. The fraction of sp³-hybridized carbons (Fsp3) is 0.421. The minimum atomic E-state index is -3.71. The normalized spacial score (nSPS) is 16.3. The summed E-state index contributed by atoms with van der Waals surface area (Å²) in [4.78, 5) is 12.7. The molecule has 6 nitrogen and oxygen atoms in total. The van der Waals surface area contributed by atoms with E-state index in [1.807, 2.05) is 0 Å². The molecular formula is C19H23F2N3O3S. The van der Waals surface area contributed by atoms with Gasteiger partial charge in [0.15, 0.2) is 11.6 Å². The maximum atomic E-state index is 13.4. The molecule has 0 bridgehead atoms. The van der Waals surface area contributed by atoms with Gasteiger partial charge < -0.3 is 9.88 Å². The molecule has 0 spiro atoms. The van der Waals surface area contributed by atoms with Crippen molar-refractivity contribution >= 4 is 21.6 Å². The van der Waals surface area contributed by atoms with Crippen LogP contribution in [0.15, 0.2) is 29.2 Å². The number of rotatable bonds is 4. The maximum Gasteiger partial charge on any atom is 0.272 e. The van der Waals surface area contributed by atoms with Crippen molar-refractivity contribution in [2.45, 2.75) is 31.6 Å². The van der Waals surface area contributed by atoms with E-state index in [2.05, 4.69) is 12.2 Å². The Kier molecular flexibility index (Phi) is 5.58. The van der Waals surface area contributed by atoms with E-state index in [1.165, 1.54) is 21.0 Å². The monoisotopic (exact) mass is 411 g/mol. The number of anilines is 1. The fourth-order valence-electron chi connectivity index (χ4n) is 3.28. The van der Waals surface area contributed by atoms with Crippen LogP contribution >= 0.6 is 0 Å². The molecular weight excluding hydrogens is 388 g/mol. The molecule has 0 aliphatic carbocycles. The van der Waals surface area contributed by atoms with Crippen LogP contribution in [0.5, 0.6) is 0 Å². The van der Waals surface area contributed by atoms with E-state index >= 15 is 0 Å². The highest BCUT2D eigenvalue weighted by atomic mass is 32.2. The molecule has 1 N–H and O–H groups in total. The molecule has 1 aromatic heterocycles. The van der Waals surface area contributed by atoms with Gasteiger partial charge in [0.1, 0.15) is 10.6 Å². The van der Waals surface area contributed by atoms with Crippen LogP contribution in [0.3, 0.4) is 0 Å². The van der Waals surface area contributed by atoms with Crippen molar-refractivity contribution in [3.8, 4) is 0 Å². The summed E-state index contributed by atoms with van der Waals surface area (Å²) in [6, 6.07) is 4.35. The Hall–Kier alpha value is -2.26. The first-order valence-corrected chi connectivity index (χ1v) is 10.5. The second kappa shape index (κ2) is 7.63. The van der Waals surface area contributed by atoms with E-state index in [1.54, 1.807) is 14.0 Å².